The van der Waals surface area contributed by atoms with Crippen LogP contribution in [0.4, 0.5) is 11.4 Å². The van der Waals surface area contributed by atoms with Crippen molar-refractivity contribution in [2.75, 3.05) is 11.9 Å². The predicted molar refractivity (Wildman–Crippen MR) is 149 cm³/mol. The molecule has 0 amide bonds. The van der Waals surface area contributed by atoms with Crippen LogP contribution < -0.4 is 4.90 Å². The molecule has 4 aromatic carbocycles. The lowest BCUT2D eigenvalue weighted by molar-refractivity contribution is 0.876. The second kappa shape index (κ2) is 8.96. The molecule has 1 aromatic heterocycles. The summed E-state index contributed by atoms with van der Waals surface area (Å²) in [4.78, 5) is 7.83. The van der Waals surface area contributed by atoms with Gasteiger partial charge in [0.05, 0.1) is 28.7 Å². The molecular weight excluding hydrogens is 482 g/mol. The molecule has 1 atom stereocenters. The smallest absolute Gasteiger partial charge is 0.0970 e. The van der Waals surface area contributed by atoms with Gasteiger partial charge in [-0.2, -0.15) is 0 Å². The fourth-order valence-corrected chi connectivity index (χ4v) is 5.14. The molecule has 0 spiro atoms. The van der Waals surface area contributed by atoms with Gasteiger partial charge in [0, 0.05) is 36.3 Å². The van der Waals surface area contributed by atoms with Gasteiger partial charge < -0.3 is 9.47 Å². The van der Waals surface area contributed by atoms with E-state index < -0.39 is 0 Å². The van der Waals surface area contributed by atoms with Gasteiger partial charge in [0.2, 0.25) is 0 Å². The van der Waals surface area contributed by atoms with Crippen molar-refractivity contribution < 1.29 is 0 Å². The molecule has 0 fully saturated rings. The maximum Gasteiger partial charge on any atom is 0.0970 e. The molecule has 0 bridgehead atoms. The highest BCUT2D eigenvalue weighted by atomic mass is 79.9. The Balaban J connectivity index is 0.00000241. The maximum absolute atomic E-state index is 5.49. The highest BCUT2D eigenvalue weighted by Crippen LogP contribution is 2.44. The number of aryl methyl sites for hydroxylation is 1. The Morgan fingerprint density at radius 3 is 2.06 bits per heavy atom. The number of aliphatic imine (C=N–C) groups is 1. The van der Waals surface area contributed by atoms with Crippen molar-refractivity contribution in [3.63, 3.8) is 0 Å². The van der Waals surface area contributed by atoms with Crippen molar-refractivity contribution in [1.82, 2.24) is 4.57 Å². The molecule has 1 unspecified atom stereocenters. The maximum atomic E-state index is 5.49. The molecule has 6 rings (SSSR count). The third-order valence-corrected chi connectivity index (χ3v) is 6.68. The Morgan fingerprint density at radius 2 is 1.29 bits per heavy atom. The fraction of sp³-hybridized carbons (Fsp3) is 0.100. The number of benzene rings is 4. The van der Waals surface area contributed by atoms with Gasteiger partial charge in [-0.1, -0.05) is 97.1 Å². The second-order valence-corrected chi connectivity index (χ2v) is 8.58. The minimum absolute atomic E-state index is 0. The lowest BCUT2D eigenvalue weighted by Gasteiger charge is -2.23. The lowest BCUT2D eigenvalue weighted by atomic mass is 9.99. The Hall–Kier alpha value is -3.63. The second-order valence-electron chi connectivity index (χ2n) is 8.58. The molecule has 4 heteroatoms. The Bertz CT molecular complexity index is 1490. The summed E-state index contributed by atoms with van der Waals surface area (Å²) in [6.07, 6.45) is 0. The van der Waals surface area contributed by atoms with Crippen LogP contribution in [0.5, 0.6) is 0 Å². The Labute approximate surface area is 210 Å². The molecule has 1 aliphatic heterocycles. The van der Waals surface area contributed by atoms with E-state index in [0.29, 0.717) is 0 Å². The number of para-hydroxylation sites is 2. The summed E-state index contributed by atoms with van der Waals surface area (Å²) in [6, 6.07) is 38.5. The van der Waals surface area contributed by atoms with Gasteiger partial charge >= 0.3 is 0 Å². The first-order valence-corrected chi connectivity index (χ1v) is 11.3. The standard InChI is InChI=1S/C30H25N3.BrH/c1-32-25-19-11-9-17-23(25)27(29(32)21-13-5-3-6-14-21)31-28-24-18-10-12-20-26(24)33(2)30(28)22-15-7-4-8-16-22;/h3-20,29H,1-2H3;1H/b31-27-;. The first-order valence-electron chi connectivity index (χ1n) is 11.3. The molecule has 168 valence electrons. The van der Waals surface area contributed by atoms with Gasteiger partial charge in [-0.15, -0.1) is 17.0 Å². The molecule has 3 nitrogen and oxygen atoms in total. The molecule has 0 aliphatic carbocycles. The minimum Gasteiger partial charge on any atom is -0.361 e. The van der Waals surface area contributed by atoms with Crippen LogP contribution in [0.3, 0.4) is 0 Å². The van der Waals surface area contributed by atoms with Gasteiger partial charge in [0.15, 0.2) is 0 Å². The average molecular weight is 508 g/mol. The van der Waals surface area contributed by atoms with E-state index in [1.165, 1.54) is 33.3 Å². The van der Waals surface area contributed by atoms with Crippen LogP contribution in [0.1, 0.15) is 17.2 Å². The highest BCUT2D eigenvalue weighted by Gasteiger charge is 2.34. The largest absolute Gasteiger partial charge is 0.361 e. The Kier molecular flexibility index (Phi) is 5.84. The number of halogens is 1. The fourth-order valence-electron chi connectivity index (χ4n) is 5.14. The summed E-state index contributed by atoms with van der Waals surface area (Å²) in [6.45, 7) is 0. The first-order chi connectivity index (χ1) is 16.2. The zero-order chi connectivity index (χ0) is 22.4. The summed E-state index contributed by atoms with van der Waals surface area (Å²) in [5.74, 6) is 0. The van der Waals surface area contributed by atoms with Crippen LogP contribution in [0.25, 0.3) is 22.2 Å². The van der Waals surface area contributed by atoms with Crippen LogP contribution >= 0.6 is 17.0 Å². The van der Waals surface area contributed by atoms with E-state index in [2.05, 4.69) is 133 Å². The van der Waals surface area contributed by atoms with Crippen molar-refractivity contribution >= 4 is 45.0 Å². The predicted octanol–water partition coefficient (Wildman–Crippen LogP) is 7.74. The van der Waals surface area contributed by atoms with Crippen LogP contribution in [0, 0.1) is 0 Å². The van der Waals surface area contributed by atoms with Crippen LogP contribution in [-0.4, -0.2) is 17.3 Å². The lowest BCUT2D eigenvalue weighted by Crippen LogP contribution is -2.23. The number of hydrogen-bond acceptors (Lipinski definition) is 2. The zero-order valence-corrected chi connectivity index (χ0v) is 20.9. The van der Waals surface area contributed by atoms with Crippen molar-refractivity contribution in [3.05, 3.63) is 120 Å². The minimum atomic E-state index is 0. The van der Waals surface area contributed by atoms with Crippen molar-refractivity contribution in [1.29, 1.82) is 0 Å². The normalized spacial score (nSPS) is 16.0. The summed E-state index contributed by atoms with van der Waals surface area (Å²) in [7, 11) is 4.30. The quantitative estimate of drug-likeness (QED) is 0.244. The molecular formula is C30H26BrN3. The van der Waals surface area contributed by atoms with E-state index in [1.54, 1.807) is 0 Å². The van der Waals surface area contributed by atoms with E-state index in [9.17, 15) is 0 Å². The average Bonchev–Trinajstić information content (AvgIpc) is 3.32. The van der Waals surface area contributed by atoms with Crippen molar-refractivity contribution in [3.8, 4) is 11.3 Å². The third kappa shape index (κ3) is 3.46. The highest BCUT2D eigenvalue weighted by molar-refractivity contribution is 8.93. The number of rotatable bonds is 3. The van der Waals surface area contributed by atoms with Gasteiger partial charge in [-0.3, -0.25) is 0 Å². The van der Waals surface area contributed by atoms with Gasteiger partial charge in [0.1, 0.15) is 0 Å². The van der Waals surface area contributed by atoms with E-state index in [4.69, 9.17) is 4.99 Å². The molecule has 34 heavy (non-hydrogen) atoms. The number of likely N-dealkylation sites (N-methyl/N-ethyl adjacent to an activating group) is 1. The van der Waals surface area contributed by atoms with Crippen molar-refractivity contribution in [2.45, 2.75) is 6.04 Å². The summed E-state index contributed by atoms with van der Waals surface area (Å²) >= 11 is 0. The summed E-state index contributed by atoms with van der Waals surface area (Å²) in [5, 5.41) is 1.17. The summed E-state index contributed by atoms with van der Waals surface area (Å²) < 4.78 is 2.27. The van der Waals surface area contributed by atoms with Gasteiger partial charge in [0.25, 0.3) is 0 Å². The van der Waals surface area contributed by atoms with Crippen LogP contribution in [0.15, 0.2) is 114 Å². The number of nitrogens with zero attached hydrogens (tertiary/aromatic N) is 3. The SMILES string of the molecule is Br.CN1c2ccccc2/C(=N/c2c(-c3ccccc3)n(C)c3ccccc23)C1c1ccccc1. The van der Waals surface area contributed by atoms with E-state index >= 15 is 0 Å². The molecule has 0 saturated heterocycles. The molecule has 0 saturated carbocycles. The molecule has 0 radical (unpaired) electrons. The van der Waals surface area contributed by atoms with Crippen LogP contribution in [-0.2, 0) is 7.05 Å². The van der Waals surface area contributed by atoms with E-state index in [0.717, 1.165) is 17.1 Å². The topological polar surface area (TPSA) is 20.5 Å². The van der Waals surface area contributed by atoms with Gasteiger partial charge in [-0.05, 0) is 17.7 Å². The van der Waals surface area contributed by atoms with Gasteiger partial charge in [-0.25, -0.2) is 4.99 Å². The number of fused-ring (bicyclic) bond motifs is 2. The molecule has 0 N–H and O–H groups in total. The monoisotopic (exact) mass is 507 g/mol. The molecule has 1 aliphatic rings. The first kappa shape index (κ1) is 22.2. The molecule has 5 aromatic rings. The zero-order valence-electron chi connectivity index (χ0n) is 19.2. The van der Waals surface area contributed by atoms with Crippen LogP contribution in [0.2, 0.25) is 0 Å². The number of aromatic nitrogens is 1. The Morgan fingerprint density at radius 1 is 0.676 bits per heavy atom. The van der Waals surface area contributed by atoms with Crippen molar-refractivity contribution in [2.24, 2.45) is 12.0 Å². The molecule has 2 heterocycles. The number of hydrogen-bond donors (Lipinski definition) is 0. The van der Waals surface area contributed by atoms with E-state index in [1.807, 2.05) is 0 Å². The third-order valence-electron chi connectivity index (χ3n) is 6.68. The van der Waals surface area contributed by atoms with E-state index in [-0.39, 0.29) is 23.0 Å². The number of anilines is 1. The summed E-state index contributed by atoms with van der Waals surface area (Å²) in [5.41, 5.74) is 9.28.